The highest BCUT2D eigenvalue weighted by molar-refractivity contribution is 5.17. The van der Waals surface area contributed by atoms with Crippen LogP contribution in [0.4, 0.5) is 0 Å². The van der Waals surface area contributed by atoms with Crippen LogP contribution < -0.4 is 11.1 Å². The first-order valence-electron chi connectivity index (χ1n) is 7.15. The Morgan fingerprint density at radius 2 is 2.00 bits per heavy atom. The van der Waals surface area contributed by atoms with Crippen LogP contribution in [0.5, 0.6) is 0 Å². The molecule has 0 saturated heterocycles. The summed E-state index contributed by atoms with van der Waals surface area (Å²) in [5, 5.41) is 3.48. The van der Waals surface area contributed by atoms with Gasteiger partial charge < -0.3 is 15.8 Å². The highest BCUT2D eigenvalue weighted by Crippen LogP contribution is 2.49. The van der Waals surface area contributed by atoms with Gasteiger partial charge in [-0.3, -0.25) is 0 Å². The monoisotopic (exact) mass is 262 g/mol. The summed E-state index contributed by atoms with van der Waals surface area (Å²) in [6.07, 6.45) is 1.23. The molecule has 1 aliphatic rings. The normalized spacial score (nSPS) is 28.9. The molecule has 3 heteroatoms. The van der Waals surface area contributed by atoms with Crippen LogP contribution in [0.25, 0.3) is 0 Å². The number of nitrogens with one attached hydrogen (secondary N) is 1. The van der Waals surface area contributed by atoms with E-state index in [1.165, 1.54) is 5.56 Å². The second-order valence-electron chi connectivity index (χ2n) is 6.12. The topological polar surface area (TPSA) is 47.3 Å². The van der Waals surface area contributed by atoms with E-state index in [-0.39, 0.29) is 11.0 Å². The molecule has 1 aliphatic carbocycles. The number of ether oxygens (including phenoxy) is 1. The van der Waals surface area contributed by atoms with Crippen molar-refractivity contribution in [2.75, 3.05) is 13.2 Å². The van der Waals surface area contributed by atoms with E-state index in [9.17, 15) is 0 Å². The van der Waals surface area contributed by atoms with E-state index in [4.69, 9.17) is 10.5 Å². The highest BCUT2D eigenvalue weighted by Gasteiger charge is 2.57. The fraction of sp³-hybridized carbons (Fsp3) is 0.625. The minimum Gasteiger partial charge on any atom is -0.378 e. The van der Waals surface area contributed by atoms with Gasteiger partial charge >= 0.3 is 0 Å². The largest absolute Gasteiger partial charge is 0.378 e. The summed E-state index contributed by atoms with van der Waals surface area (Å²) < 4.78 is 5.75. The van der Waals surface area contributed by atoms with E-state index in [0.29, 0.717) is 6.10 Å². The molecule has 2 rings (SSSR count). The quantitative estimate of drug-likeness (QED) is 0.827. The lowest BCUT2D eigenvalue weighted by Gasteiger charge is -2.59. The van der Waals surface area contributed by atoms with Gasteiger partial charge in [0.1, 0.15) is 0 Å². The van der Waals surface area contributed by atoms with Gasteiger partial charge in [0, 0.05) is 30.7 Å². The van der Waals surface area contributed by atoms with Crippen LogP contribution >= 0.6 is 0 Å². The van der Waals surface area contributed by atoms with E-state index in [1.807, 2.05) is 13.0 Å². The number of hydrogen-bond acceptors (Lipinski definition) is 3. The molecule has 0 bridgehead atoms. The van der Waals surface area contributed by atoms with E-state index in [2.05, 4.69) is 43.4 Å². The Morgan fingerprint density at radius 3 is 2.58 bits per heavy atom. The molecule has 0 radical (unpaired) electrons. The molecule has 0 spiro atoms. The van der Waals surface area contributed by atoms with Gasteiger partial charge in [0.2, 0.25) is 0 Å². The van der Waals surface area contributed by atoms with Crippen LogP contribution in [0.1, 0.15) is 32.8 Å². The molecule has 1 aromatic rings. The van der Waals surface area contributed by atoms with Crippen molar-refractivity contribution < 1.29 is 4.74 Å². The van der Waals surface area contributed by atoms with Gasteiger partial charge in [-0.05, 0) is 18.9 Å². The molecule has 0 aromatic heterocycles. The van der Waals surface area contributed by atoms with Crippen LogP contribution in [-0.2, 0) is 11.3 Å². The van der Waals surface area contributed by atoms with Crippen molar-refractivity contribution in [1.29, 1.82) is 0 Å². The van der Waals surface area contributed by atoms with E-state index in [0.717, 1.165) is 26.1 Å². The molecule has 1 fully saturated rings. The van der Waals surface area contributed by atoms with Crippen LogP contribution in [0, 0.1) is 5.41 Å². The average molecular weight is 262 g/mol. The molecule has 0 aliphatic heterocycles. The van der Waals surface area contributed by atoms with Crippen LogP contribution in [-0.4, -0.2) is 24.8 Å². The molecule has 1 saturated carbocycles. The standard InChI is InChI=1S/C16H26N2O/c1-4-19-14-10-16(17,15(14,2)3)12-18-11-13-8-6-5-7-9-13/h5-9,14,18H,4,10-12,17H2,1-3H3. The Kier molecular flexibility index (Phi) is 4.29. The van der Waals surface area contributed by atoms with Gasteiger partial charge in [0.15, 0.2) is 0 Å². The molecule has 19 heavy (non-hydrogen) atoms. The second-order valence-corrected chi connectivity index (χ2v) is 6.12. The maximum atomic E-state index is 6.52. The van der Waals surface area contributed by atoms with E-state index in [1.54, 1.807) is 0 Å². The maximum absolute atomic E-state index is 6.52. The zero-order valence-electron chi connectivity index (χ0n) is 12.3. The summed E-state index contributed by atoms with van der Waals surface area (Å²) in [5.41, 5.74) is 7.69. The summed E-state index contributed by atoms with van der Waals surface area (Å²) in [6.45, 7) is 8.93. The van der Waals surface area contributed by atoms with Gasteiger partial charge in [-0.25, -0.2) is 0 Å². The maximum Gasteiger partial charge on any atom is 0.0662 e. The first kappa shape index (κ1) is 14.5. The molecule has 2 atom stereocenters. The Bertz CT molecular complexity index is 404. The lowest BCUT2D eigenvalue weighted by atomic mass is 9.54. The Labute approximate surface area is 116 Å². The fourth-order valence-electron chi connectivity index (χ4n) is 2.83. The lowest BCUT2D eigenvalue weighted by molar-refractivity contribution is -0.148. The average Bonchev–Trinajstić information content (AvgIpc) is 2.40. The Morgan fingerprint density at radius 1 is 1.32 bits per heavy atom. The number of benzene rings is 1. The van der Waals surface area contributed by atoms with Crippen molar-refractivity contribution in [2.24, 2.45) is 11.1 Å². The minimum absolute atomic E-state index is 0.0344. The van der Waals surface area contributed by atoms with E-state index < -0.39 is 0 Å². The molecule has 0 amide bonds. The second kappa shape index (κ2) is 5.61. The molecular formula is C16H26N2O. The third-order valence-corrected chi connectivity index (χ3v) is 4.62. The smallest absolute Gasteiger partial charge is 0.0662 e. The predicted molar refractivity (Wildman–Crippen MR) is 78.9 cm³/mol. The predicted octanol–water partition coefficient (Wildman–Crippen LogP) is 2.31. The summed E-state index contributed by atoms with van der Waals surface area (Å²) in [7, 11) is 0. The summed E-state index contributed by atoms with van der Waals surface area (Å²) >= 11 is 0. The first-order valence-corrected chi connectivity index (χ1v) is 7.15. The fourth-order valence-corrected chi connectivity index (χ4v) is 2.83. The third-order valence-electron chi connectivity index (χ3n) is 4.62. The van der Waals surface area contributed by atoms with Crippen LogP contribution in [0.2, 0.25) is 0 Å². The number of rotatable bonds is 6. The number of hydrogen-bond donors (Lipinski definition) is 2. The zero-order chi connectivity index (χ0) is 13.9. The van der Waals surface area contributed by atoms with Crippen LogP contribution in [0.3, 0.4) is 0 Å². The summed E-state index contributed by atoms with van der Waals surface area (Å²) in [6, 6.07) is 10.4. The third kappa shape index (κ3) is 2.83. The van der Waals surface area contributed by atoms with Gasteiger partial charge in [-0.15, -0.1) is 0 Å². The number of nitrogens with two attached hydrogens (primary N) is 1. The highest BCUT2D eigenvalue weighted by atomic mass is 16.5. The van der Waals surface area contributed by atoms with Crippen LogP contribution in [0.15, 0.2) is 30.3 Å². The lowest BCUT2D eigenvalue weighted by Crippen LogP contribution is -2.73. The molecule has 1 aromatic carbocycles. The van der Waals surface area contributed by atoms with Crippen molar-refractivity contribution in [2.45, 2.75) is 45.4 Å². The molecule has 0 heterocycles. The Hall–Kier alpha value is -0.900. The van der Waals surface area contributed by atoms with Gasteiger partial charge in [0.05, 0.1) is 6.10 Å². The molecule has 3 nitrogen and oxygen atoms in total. The van der Waals surface area contributed by atoms with Crippen molar-refractivity contribution in [3.8, 4) is 0 Å². The van der Waals surface area contributed by atoms with Crippen molar-refractivity contribution in [1.82, 2.24) is 5.32 Å². The SMILES string of the molecule is CCOC1CC(N)(CNCc2ccccc2)C1(C)C. The van der Waals surface area contributed by atoms with Crippen molar-refractivity contribution in [3.05, 3.63) is 35.9 Å². The van der Waals surface area contributed by atoms with E-state index >= 15 is 0 Å². The van der Waals surface area contributed by atoms with Gasteiger partial charge in [0.25, 0.3) is 0 Å². The molecule has 2 unspecified atom stereocenters. The molecule has 106 valence electrons. The van der Waals surface area contributed by atoms with Crippen molar-refractivity contribution in [3.63, 3.8) is 0 Å². The minimum atomic E-state index is -0.165. The first-order chi connectivity index (χ1) is 8.99. The Balaban J connectivity index is 1.83. The zero-order valence-corrected chi connectivity index (χ0v) is 12.3. The summed E-state index contributed by atoms with van der Waals surface area (Å²) in [4.78, 5) is 0. The van der Waals surface area contributed by atoms with Gasteiger partial charge in [-0.1, -0.05) is 44.2 Å². The molecular weight excluding hydrogens is 236 g/mol. The van der Waals surface area contributed by atoms with Gasteiger partial charge in [-0.2, -0.15) is 0 Å². The molecule has 3 N–H and O–H groups in total. The summed E-state index contributed by atoms with van der Waals surface area (Å²) in [5.74, 6) is 0. The van der Waals surface area contributed by atoms with Crippen molar-refractivity contribution >= 4 is 0 Å².